The molecule has 1 aromatic carbocycles. The van der Waals surface area contributed by atoms with E-state index in [4.69, 9.17) is 4.74 Å². The van der Waals surface area contributed by atoms with Crippen LogP contribution < -0.4 is 10.1 Å². The molecule has 0 saturated carbocycles. The van der Waals surface area contributed by atoms with Crippen molar-refractivity contribution < 1.29 is 4.74 Å². The summed E-state index contributed by atoms with van der Waals surface area (Å²) >= 11 is 0. The van der Waals surface area contributed by atoms with E-state index in [1.54, 1.807) is 12.4 Å². The first-order chi connectivity index (χ1) is 9.11. The third-order valence-electron chi connectivity index (χ3n) is 3.19. The van der Waals surface area contributed by atoms with Crippen LogP contribution in [0.4, 0.5) is 5.69 Å². The van der Waals surface area contributed by atoms with Crippen LogP contribution >= 0.6 is 0 Å². The van der Waals surface area contributed by atoms with Gasteiger partial charge in [-0.1, -0.05) is 12.1 Å². The van der Waals surface area contributed by atoms with Gasteiger partial charge >= 0.3 is 0 Å². The Balaban J connectivity index is 2.31. The zero-order valence-corrected chi connectivity index (χ0v) is 11.9. The normalized spacial score (nSPS) is 10.3. The predicted molar refractivity (Wildman–Crippen MR) is 79.1 cm³/mol. The molecule has 0 saturated heterocycles. The van der Waals surface area contributed by atoms with Gasteiger partial charge in [-0.25, -0.2) is 0 Å². The highest BCUT2D eigenvalue weighted by molar-refractivity contribution is 5.50. The van der Waals surface area contributed by atoms with Gasteiger partial charge in [-0.2, -0.15) is 0 Å². The van der Waals surface area contributed by atoms with E-state index in [0.717, 1.165) is 29.3 Å². The first-order valence-corrected chi connectivity index (χ1v) is 6.55. The topological polar surface area (TPSA) is 34.2 Å². The molecule has 1 N–H and O–H groups in total. The molecular formula is C16H20N2O. The Morgan fingerprint density at radius 3 is 2.58 bits per heavy atom. The van der Waals surface area contributed by atoms with Gasteiger partial charge < -0.3 is 10.1 Å². The van der Waals surface area contributed by atoms with Crippen LogP contribution in [-0.2, 0) is 0 Å². The maximum Gasteiger partial charge on any atom is 0.147 e. The summed E-state index contributed by atoms with van der Waals surface area (Å²) in [6, 6.07) is 6.17. The van der Waals surface area contributed by atoms with Crippen molar-refractivity contribution in [2.24, 2.45) is 0 Å². The van der Waals surface area contributed by atoms with Crippen LogP contribution in [0.3, 0.4) is 0 Å². The van der Waals surface area contributed by atoms with Gasteiger partial charge in [0.15, 0.2) is 0 Å². The van der Waals surface area contributed by atoms with Crippen molar-refractivity contribution in [3.8, 4) is 11.5 Å². The van der Waals surface area contributed by atoms with Gasteiger partial charge in [-0.3, -0.25) is 4.98 Å². The smallest absolute Gasteiger partial charge is 0.147 e. The summed E-state index contributed by atoms with van der Waals surface area (Å²) in [6.45, 7) is 9.16. The molecule has 0 fully saturated rings. The Bertz CT molecular complexity index is 579. The van der Waals surface area contributed by atoms with Gasteiger partial charge in [-0.15, -0.1) is 0 Å². The van der Waals surface area contributed by atoms with Crippen LogP contribution in [0.5, 0.6) is 11.5 Å². The second kappa shape index (κ2) is 5.74. The number of anilines is 1. The molecule has 100 valence electrons. The fourth-order valence-corrected chi connectivity index (χ4v) is 1.98. The van der Waals surface area contributed by atoms with Crippen molar-refractivity contribution in [2.75, 3.05) is 11.9 Å². The molecule has 19 heavy (non-hydrogen) atoms. The van der Waals surface area contributed by atoms with Crippen molar-refractivity contribution in [1.29, 1.82) is 0 Å². The molecule has 0 spiro atoms. The highest BCUT2D eigenvalue weighted by atomic mass is 16.5. The molecule has 0 radical (unpaired) electrons. The summed E-state index contributed by atoms with van der Waals surface area (Å²) in [6.07, 6.45) is 3.54. The molecular weight excluding hydrogens is 236 g/mol. The zero-order chi connectivity index (χ0) is 13.8. The number of pyridine rings is 1. The quantitative estimate of drug-likeness (QED) is 0.888. The van der Waals surface area contributed by atoms with E-state index in [2.05, 4.69) is 50.1 Å². The molecule has 1 aromatic heterocycles. The maximum atomic E-state index is 6.01. The molecule has 0 unspecified atom stereocenters. The standard InChI is InChI=1S/C16H20N2O/c1-5-18-14-8-15(10-17-9-14)19-16-12(3)7-6-11(2)13(16)4/h6-10,18H,5H2,1-4H3. The van der Waals surface area contributed by atoms with E-state index in [-0.39, 0.29) is 0 Å². The minimum atomic E-state index is 0.759. The number of nitrogens with zero attached hydrogens (tertiary/aromatic N) is 1. The van der Waals surface area contributed by atoms with E-state index in [1.807, 2.05) is 6.07 Å². The van der Waals surface area contributed by atoms with Crippen molar-refractivity contribution in [3.63, 3.8) is 0 Å². The first-order valence-electron chi connectivity index (χ1n) is 6.55. The number of hydrogen-bond acceptors (Lipinski definition) is 3. The molecule has 2 aromatic rings. The molecule has 1 heterocycles. The summed E-state index contributed by atoms with van der Waals surface area (Å²) in [5.41, 5.74) is 4.52. The first kappa shape index (κ1) is 13.4. The average Bonchev–Trinajstić information content (AvgIpc) is 2.40. The fourth-order valence-electron chi connectivity index (χ4n) is 1.98. The number of ether oxygens (including phenoxy) is 1. The lowest BCUT2D eigenvalue weighted by molar-refractivity contribution is 0.472. The fraction of sp³-hybridized carbons (Fsp3) is 0.312. The second-order valence-corrected chi connectivity index (χ2v) is 4.70. The Kier molecular flexibility index (Phi) is 4.05. The second-order valence-electron chi connectivity index (χ2n) is 4.70. The number of hydrogen-bond donors (Lipinski definition) is 1. The molecule has 3 heteroatoms. The lowest BCUT2D eigenvalue weighted by Gasteiger charge is -2.14. The van der Waals surface area contributed by atoms with Gasteiger partial charge in [0.2, 0.25) is 0 Å². The largest absolute Gasteiger partial charge is 0.455 e. The summed E-state index contributed by atoms with van der Waals surface area (Å²) < 4.78 is 6.01. The highest BCUT2D eigenvalue weighted by Crippen LogP contribution is 2.31. The van der Waals surface area contributed by atoms with Crippen molar-refractivity contribution in [1.82, 2.24) is 4.98 Å². The summed E-state index contributed by atoms with van der Waals surface area (Å²) in [7, 11) is 0. The third kappa shape index (κ3) is 3.05. The van der Waals surface area contributed by atoms with E-state index >= 15 is 0 Å². The lowest BCUT2D eigenvalue weighted by Crippen LogP contribution is -1.98. The summed E-state index contributed by atoms with van der Waals surface area (Å²) in [4.78, 5) is 4.19. The van der Waals surface area contributed by atoms with Crippen molar-refractivity contribution in [3.05, 3.63) is 47.3 Å². The number of aryl methyl sites for hydroxylation is 2. The molecule has 2 rings (SSSR count). The van der Waals surface area contributed by atoms with Crippen molar-refractivity contribution in [2.45, 2.75) is 27.7 Å². The van der Waals surface area contributed by atoms with Gasteiger partial charge in [0.25, 0.3) is 0 Å². The molecule has 3 nitrogen and oxygen atoms in total. The van der Waals surface area contributed by atoms with E-state index < -0.39 is 0 Å². The van der Waals surface area contributed by atoms with Crippen LogP contribution in [0.2, 0.25) is 0 Å². The minimum Gasteiger partial charge on any atom is -0.455 e. The average molecular weight is 256 g/mol. The predicted octanol–water partition coefficient (Wildman–Crippen LogP) is 4.23. The SMILES string of the molecule is CCNc1cncc(Oc2c(C)ccc(C)c2C)c1. The van der Waals surface area contributed by atoms with Crippen LogP contribution in [0.15, 0.2) is 30.6 Å². The number of benzene rings is 1. The van der Waals surface area contributed by atoms with Gasteiger partial charge in [0.05, 0.1) is 18.1 Å². The van der Waals surface area contributed by atoms with Crippen molar-refractivity contribution >= 4 is 5.69 Å². The minimum absolute atomic E-state index is 0.759. The third-order valence-corrected chi connectivity index (χ3v) is 3.19. The molecule has 0 bridgehead atoms. The Labute approximate surface area is 114 Å². The zero-order valence-electron chi connectivity index (χ0n) is 11.9. The number of rotatable bonds is 4. The lowest BCUT2D eigenvalue weighted by atomic mass is 10.1. The van der Waals surface area contributed by atoms with Gasteiger partial charge in [0.1, 0.15) is 11.5 Å². The van der Waals surface area contributed by atoms with Gasteiger partial charge in [-0.05, 0) is 44.4 Å². The Hall–Kier alpha value is -2.03. The van der Waals surface area contributed by atoms with Crippen LogP contribution in [0.1, 0.15) is 23.6 Å². The van der Waals surface area contributed by atoms with Gasteiger partial charge in [0, 0.05) is 12.6 Å². The molecule has 0 aliphatic rings. The van der Waals surface area contributed by atoms with E-state index in [0.29, 0.717) is 0 Å². The van der Waals surface area contributed by atoms with Crippen LogP contribution in [0.25, 0.3) is 0 Å². The molecule has 0 aliphatic carbocycles. The Morgan fingerprint density at radius 1 is 1.11 bits per heavy atom. The monoisotopic (exact) mass is 256 g/mol. The molecule has 0 atom stereocenters. The molecule has 0 amide bonds. The summed E-state index contributed by atoms with van der Waals surface area (Å²) in [5.74, 6) is 1.69. The maximum absolute atomic E-state index is 6.01. The van der Waals surface area contributed by atoms with E-state index in [9.17, 15) is 0 Å². The molecule has 0 aliphatic heterocycles. The van der Waals surface area contributed by atoms with Crippen LogP contribution in [0, 0.1) is 20.8 Å². The van der Waals surface area contributed by atoms with Crippen LogP contribution in [-0.4, -0.2) is 11.5 Å². The summed E-state index contributed by atoms with van der Waals surface area (Å²) in [5, 5.41) is 3.23. The number of aromatic nitrogens is 1. The highest BCUT2D eigenvalue weighted by Gasteiger charge is 2.08. The Morgan fingerprint density at radius 2 is 1.84 bits per heavy atom. The number of nitrogens with one attached hydrogen (secondary N) is 1. The van der Waals surface area contributed by atoms with E-state index in [1.165, 1.54) is 11.1 Å².